The zero-order chi connectivity index (χ0) is 14.6. The van der Waals surface area contributed by atoms with E-state index in [1.807, 2.05) is 0 Å². The molecule has 1 fully saturated rings. The summed E-state index contributed by atoms with van der Waals surface area (Å²) in [6, 6.07) is -0.934. The Labute approximate surface area is 112 Å². The summed E-state index contributed by atoms with van der Waals surface area (Å²) in [6.07, 6.45) is 1.06. The molecule has 0 radical (unpaired) electrons. The van der Waals surface area contributed by atoms with Crippen molar-refractivity contribution < 1.29 is 27.5 Å². The molecule has 1 unspecified atom stereocenters. The first-order valence-corrected chi connectivity index (χ1v) is 7.47. The van der Waals surface area contributed by atoms with Crippen LogP contribution in [0.25, 0.3) is 0 Å². The number of rotatable bonds is 4. The van der Waals surface area contributed by atoms with Gasteiger partial charge in [0, 0.05) is 26.7 Å². The lowest BCUT2D eigenvalue weighted by Gasteiger charge is -2.38. The minimum atomic E-state index is -3.41. The Bertz CT molecular complexity index is 449. The van der Waals surface area contributed by atoms with Crippen LogP contribution in [0, 0.1) is 0 Å². The fourth-order valence-corrected chi connectivity index (χ4v) is 2.73. The van der Waals surface area contributed by atoms with E-state index in [0.29, 0.717) is 0 Å². The molecular formula is C10H18N2O6S. The summed E-state index contributed by atoms with van der Waals surface area (Å²) in [7, 11) is -0.838. The molecule has 0 aromatic heterocycles. The molecule has 0 bridgehead atoms. The van der Waals surface area contributed by atoms with Gasteiger partial charge >= 0.3 is 5.97 Å². The van der Waals surface area contributed by atoms with Crippen LogP contribution in [-0.2, 0) is 29.1 Å². The van der Waals surface area contributed by atoms with Crippen molar-refractivity contribution in [2.75, 3.05) is 46.7 Å². The molecule has 1 atom stereocenters. The van der Waals surface area contributed by atoms with Crippen LogP contribution < -0.4 is 0 Å². The van der Waals surface area contributed by atoms with Crippen molar-refractivity contribution in [2.24, 2.45) is 0 Å². The molecule has 1 heterocycles. The number of esters is 1. The van der Waals surface area contributed by atoms with Gasteiger partial charge in [0.15, 0.2) is 0 Å². The second-order valence-electron chi connectivity index (χ2n) is 4.18. The van der Waals surface area contributed by atoms with Crippen molar-refractivity contribution in [1.29, 1.82) is 0 Å². The van der Waals surface area contributed by atoms with Crippen molar-refractivity contribution >= 4 is 21.9 Å². The summed E-state index contributed by atoms with van der Waals surface area (Å²) in [4.78, 5) is 24.8. The molecule has 1 saturated heterocycles. The highest BCUT2D eigenvalue weighted by Crippen LogP contribution is 2.14. The number of ether oxygens (including phenoxy) is 2. The second kappa shape index (κ2) is 6.31. The van der Waals surface area contributed by atoms with Gasteiger partial charge in [-0.15, -0.1) is 0 Å². The van der Waals surface area contributed by atoms with Crippen LogP contribution in [0.3, 0.4) is 0 Å². The van der Waals surface area contributed by atoms with Crippen molar-refractivity contribution in [3.8, 4) is 0 Å². The Balaban J connectivity index is 2.90. The monoisotopic (exact) mass is 294 g/mol. The van der Waals surface area contributed by atoms with E-state index in [0.717, 1.165) is 10.6 Å². The van der Waals surface area contributed by atoms with Gasteiger partial charge in [-0.3, -0.25) is 4.79 Å². The number of nitrogens with zero attached hydrogens (tertiary/aromatic N) is 2. The fourth-order valence-electron chi connectivity index (χ4n) is 1.90. The lowest BCUT2D eigenvalue weighted by molar-refractivity contribution is -0.156. The number of carbonyl (C=O) groups excluding carboxylic acids is 2. The third-order valence-electron chi connectivity index (χ3n) is 2.87. The lowest BCUT2D eigenvalue weighted by atomic mass is 10.2. The Morgan fingerprint density at radius 2 is 1.89 bits per heavy atom. The number of piperazine rings is 1. The second-order valence-corrected chi connectivity index (χ2v) is 6.16. The van der Waals surface area contributed by atoms with Crippen LogP contribution >= 0.6 is 0 Å². The van der Waals surface area contributed by atoms with Crippen LogP contribution in [0.4, 0.5) is 0 Å². The van der Waals surface area contributed by atoms with E-state index in [4.69, 9.17) is 4.74 Å². The van der Waals surface area contributed by atoms with Gasteiger partial charge in [-0.25, -0.2) is 13.2 Å². The molecule has 0 saturated carbocycles. The number of sulfonamides is 1. The van der Waals surface area contributed by atoms with Gasteiger partial charge in [0.05, 0.1) is 13.4 Å². The predicted octanol–water partition coefficient (Wildman–Crippen LogP) is -1.72. The van der Waals surface area contributed by atoms with E-state index in [1.165, 1.54) is 19.1 Å². The zero-order valence-corrected chi connectivity index (χ0v) is 12.0. The molecule has 0 aromatic rings. The number of carbonyl (C=O) groups is 2. The molecule has 1 amide bonds. The molecular weight excluding hydrogens is 276 g/mol. The molecule has 110 valence electrons. The number of hydrogen-bond donors (Lipinski definition) is 0. The third kappa shape index (κ3) is 3.88. The summed E-state index contributed by atoms with van der Waals surface area (Å²) in [5.74, 6) is -1.01. The molecule has 9 heteroatoms. The summed E-state index contributed by atoms with van der Waals surface area (Å²) >= 11 is 0. The molecule has 1 rings (SSSR count). The number of amides is 1. The van der Waals surface area contributed by atoms with Crippen LogP contribution in [-0.4, -0.2) is 82.3 Å². The largest absolute Gasteiger partial charge is 0.467 e. The first kappa shape index (κ1) is 15.9. The van der Waals surface area contributed by atoms with Crippen LogP contribution in [0.15, 0.2) is 0 Å². The fraction of sp³-hybridized carbons (Fsp3) is 0.800. The number of hydrogen-bond acceptors (Lipinski definition) is 6. The van der Waals surface area contributed by atoms with E-state index in [-0.39, 0.29) is 32.1 Å². The Hall–Kier alpha value is -1.19. The van der Waals surface area contributed by atoms with Crippen LogP contribution in [0.1, 0.15) is 0 Å². The zero-order valence-electron chi connectivity index (χ0n) is 11.2. The quantitative estimate of drug-likeness (QED) is 0.573. The van der Waals surface area contributed by atoms with Crippen molar-refractivity contribution in [3.05, 3.63) is 0 Å². The van der Waals surface area contributed by atoms with E-state index in [2.05, 4.69) is 4.74 Å². The number of methoxy groups -OCH3 is 2. The summed E-state index contributed by atoms with van der Waals surface area (Å²) in [5, 5.41) is 0. The van der Waals surface area contributed by atoms with Crippen molar-refractivity contribution in [2.45, 2.75) is 6.04 Å². The highest BCUT2D eigenvalue weighted by Gasteiger charge is 2.38. The first-order valence-electron chi connectivity index (χ1n) is 5.62. The van der Waals surface area contributed by atoms with E-state index in [1.54, 1.807) is 0 Å². The summed E-state index contributed by atoms with van der Waals surface area (Å²) in [6.45, 7) is 0.0319. The van der Waals surface area contributed by atoms with E-state index >= 15 is 0 Å². The van der Waals surface area contributed by atoms with Crippen LogP contribution in [0.5, 0.6) is 0 Å². The maximum atomic E-state index is 11.8. The Kier molecular flexibility index (Phi) is 5.27. The van der Waals surface area contributed by atoms with Gasteiger partial charge in [0.25, 0.3) is 0 Å². The Morgan fingerprint density at radius 3 is 2.37 bits per heavy atom. The third-order valence-corrected chi connectivity index (χ3v) is 4.14. The van der Waals surface area contributed by atoms with Gasteiger partial charge in [0.1, 0.15) is 12.6 Å². The maximum absolute atomic E-state index is 11.8. The SMILES string of the molecule is COCC(=O)N1CCN(S(C)(=O)=O)CC1C(=O)OC. The normalized spacial score (nSPS) is 21.2. The highest BCUT2D eigenvalue weighted by molar-refractivity contribution is 7.88. The van der Waals surface area contributed by atoms with Gasteiger partial charge in [-0.05, 0) is 0 Å². The van der Waals surface area contributed by atoms with Crippen molar-refractivity contribution in [3.63, 3.8) is 0 Å². The Morgan fingerprint density at radius 1 is 1.26 bits per heavy atom. The lowest BCUT2D eigenvalue weighted by Crippen LogP contribution is -2.60. The highest BCUT2D eigenvalue weighted by atomic mass is 32.2. The molecule has 0 aliphatic carbocycles. The minimum Gasteiger partial charge on any atom is -0.467 e. The van der Waals surface area contributed by atoms with Crippen LogP contribution in [0.2, 0.25) is 0 Å². The summed E-state index contributed by atoms with van der Waals surface area (Å²) in [5.41, 5.74) is 0. The average molecular weight is 294 g/mol. The molecule has 0 spiro atoms. The molecule has 1 aliphatic heterocycles. The van der Waals surface area contributed by atoms with E-state index < -0.39 is 22.0 Å². The van der Waals surface area contributed by atoms with Gasteiger partial charge in [-0.2, -0.15) is 4.31 Å². The molecule has 8 nitrogen and oxygen atoms in total. The molecule has 19 heavy (non-hydrogen) atoms. The first-order chi connectivity index (χ1) is 8.81. The topological polar surface area (TPSA) is 93.2 Å². The van der Waals surface area contributed by atoms with Gasteiger partial charge in [-0.1, -0.05) is 0 Å². The van der Waals surface area contributed by atoms with Crippen molar-refractivity contribution in [1.82, 2.24) is 9.21 Å². The standard InChI is InChI=1S/C10H18N2O6S/c1-17-7-9(13)12-5-4-11(19(3,15)16)6-8(12)10(14)18-2/h8H,4-7H2,1-3H3. The smallest absolute Gasteiger partial charge is 0.329 e. The van der Waals surface area contributed by atoms with Gasteiger partial charge in [0.2, 0.25) is 15.9 Å². The molecule has 1 aliphatic rings. The predicted molar refractivity (Wildman–Crippen MR) is 65.8 cm³/mol. The molecule has 0 N–H and O–H groups in total. The van der Waals surface area contributed by atoms with E-state index in [9.17, 15) is 18.0 Å². The maximum Gasteiger partial charge on any atom is 0.329 e. The average Bonchev–Trinajstić information content (AvgIpc) is 2.36. The molecule has 0 aromatic carbocycles. The minimum absolute atomic E-state index is 0.0963. The van der Waals surface area contributed by atoms with Gasteiger partial charge < -0.3 is 14.4 Å². The summed E-state index contributed by atoms with van der Waals surface area (Å²) < 4.78 is 33.5.